The van der Waals surface area contributed by atoms with Crippen LogP contribution in [0.2, 0.25) is 0 Å². The van der Waals surface area contributed by atoms with E-state index in [1.807, 2.05) is 48.9 Å². The molecule has 0 saturated heterocycles. The first kappa shape index (κ1) is 17.6. The minimum Gasteiger partial charge on any atom is -0.353 e. The molecule has 1 amide bonds. The number of amides is 1. The Morgan fingerprint density at radius 3 is 2.73 bits per heavy atom. The standard InChI is InChI=1S/C19H21N5O2/c1-4-12-20-16(25)11-10-15-13(2)23(3)19-21-17(22-24(19)18(15)26)14-8-6-5-7-9-14/h4-9H,1,10-12H2,2-3H3,(H,20,25). The van der Waals surface area contributed by atoms with Gasteiger partial charge in [-0.05, 0) is 13.3 Å². The van der Waals surface area contributed by atoms with E-state index in [2.05, 4.69) is 22.0 Å². The molecule has 134 valence electrons. The van der Waals surface area contributed by atoms with Gasteiger partial charge in [-0.2, -0.15) is 9.50 Å². The lowest BCUT2D eigenvalue weighted by molar-refractivity contribution is -0.120. The van der Waals surface area contributed by atoms with Crippen LogP contribution < -0.4 is 10.9 Å². The van der Waals surface area contributed by atoms with Gasteiger partial charge in [-0.3, -0.25) is 9.59 Å². The third kappa shape index (κ3) is 3.28. The van der Waals surface area contributed by atoms with Gasteiger partial charge in [0.05, 0.1) is 0 Å². The minimum atomic E-state index is -0.234. The molecule has 0 unspecified atom stereocenters. The Bertz CT molecular complexity index is 1020. The molecule has 0 atom stereocenters. The summed E-state index contributed by atoms with van der Waals surface area (Å²) < 4.78 is 3.14. The highest BCUT2D eigenvalue weighted by atomic mass is 16.1. The summed E-state index contributed by atoms with van der Waals surface area (Å²) >= 11 is 0. The zero-order valence-corrected chi connectivity index (χ0v) is 14.9. The van der Waals surface area contributed by atoms with Crippen LogP contribution >= 0.6 is 0 Å². The van der Waals surface area contributed by atoms with Crippen molar-refractivity contribution in [3.8, 4) is 11.4 Å². The van der Waals surface area contributed by atoms with Crippen LogP contribution in [0.3, 0.4) is 0 Å². The summed E-state index contributed by atoms with van der Waals surface area (Å²) in [4.78, 5) is 29.2. The lowest BCUT2D eigenvalue weighted by atomic mass is 10.1. The molecular formula is C19H21N5O2. The average molecular weight is 351 g/mol. The molecule has 0 radical (unpaired) electrons. The number of fused-ring (bicyclic) bond motifs is 1. The smallest absolute Gasteiger partial charge is 0.279 e. The van der Waals surface area contributed by atoms with Crippen molar-refractivity contribution in [1.82, 2.24) is 24.5 Å². The number of nitrogens with one attached hydrogen (secondary N) is 1. The number of benzene rings is 1. The van der Waals surface area contributed by atoms with Gasteiger partial charge in [0, 0.05) is 36.8 Å². The van der Waals surface area contributed by atoms with Crippen molar-refractivity contribution < 1.29 is 4.79 Å². The maximum absolute atomic E-state index is 12.9. The molecule has 0 aliphatic heterocycles. The van der Waals surface area contributed by atoms with Crippen LogP contribution in [0.5, 0.6) is 0 Å². The zero-order valence-electron chi connectivity index (χ0n) is 14.9. The van der Waals surface area contributed by atoms with Gasteiger partial charge in [0.1, 0.15) is 0 Å². The quantitative estimate of drug-likeness (QED) is 0.685. The molecule has 0 saturated carbocycles. The molecule has 2 aromatic heterocycles. The first-order chi connectivity index (χ1) is 12.5. The van der Waals surface area contributed by atoms with Crippen molar-refractivity contribution in [2.24, 2.45) is 7.05 Å². The SMILES string of the molecule is C=CCNC(=O)CCc1c(C)n(C)c2nc(-c3ccccc3)nn2c1=O. The molecule has 3 rings (SSSR count). The van der Waals surface area contributed by atoms with E-state index in [1.54, 1.807) is 6.08 Å². The minimum absolute atomic E-state index is 0.116. The summed E-state index contributed by atoms with van der Waals surface area (Å²) in [6.07, 6.45) is 2.20. The van der Waals surface area contributed by atoms with Crippen LogP contribution in [-0.4, -0.2) is 31.6 Å². The van der Waals surface area contributed by atoms with Crippen molar-refractivity contribution in [2.45, 2.75) is 19.8 Å². The number of hydrogen-bond donors (Lipinski definition) is 1. The van der Waals surface area contributed by atoms with E-state index in [0.29, 0.717) is 30.1 Å². The van der Waals surface area contributed by atoms with Crippen LogP contribution in [0, 0.1) is 6.92 Å². The monoisotopic (exact) mass is 351 g/mol. The first-order valence-electron chi connectivity index (χ1n) is 8.41. The predicted molar refractivity (Wildman–Crippen MR) is 99.9 cm³/mol. The van der Waals surface area contributed by atoms with Gasteiger partial charge in [0.25, 0.3) is 5.56 Å². The molecule has 7 nitrogen and oxygen atoms in total. The molecule has 1 aromatic carbocycles. The lowest BCUT2D eigenvalue weighted by Crippen LogP contribution is -2.28. The molecule has 0 aliphatic carbocycles. The second-order valence-electron chi connectivity index (χ2n) is 6.03. The van der Waals surface area contributed by atoms with Gasteiger partial charge in [0.2, 0.25) is 11.7 Å². The average Bonchev–Trinajstić information content (AvgIpc) is 3.11. The van der Waals surface area contributed by atoms with E-state index in [4.69, 9.17) is 0 Å². The maximum atomic E-state index is 12.9. The van der Waals surface area contributed by atoms with E-state index >= 15 is 0 Å². The number of nitrogens with zero attached hydrogens (tertiary/aromatic N) is 4. The molecule has 26 heavy (non-hydrogen) atoms. The van der Waals surface area contributed by atoms with E-state index in [-0.39, 0.29) is 17.9 Å². The Kier molecular flexibility index (Phi) is 4.97. The Hall–Kier alpha value is -3.22. The second-order valence-corrected chi connectivity index (χ2v) is 6.03. The Morgan fingerprint density at radius 1 is 1.31 bits per heavy atom. The predicted octanol–water partition coefficient (Wildman–Crippen LogP) is 1.64. The Morgan fingerprint density at radius 2 is 2.04 bits per heavy atom. The van der Waals surface area contributed by atoms with Crippen LogP contribution in [0.25, 0.3) is 17.2 Å². The fourth-order valence-electron chi connectivity index (χ4n) is 2.80. The van der Waals surface area contributed by atoms with Crippen LogP contribution in [0.4, 0.5) is 0 Å². The van der Waals surface area contributed by atoms with Gasteiger partial charge < -0.3 is 9.88 Å². The normalized spacial score (nSPS) is 10.8. The van der Waals surface area contributed by atoms with E-state index in [1.165, 1.54) is 4.52 Å². The fraction of sp³-hybridized carbons (Fsp3) is 0.263. The third-order valence-electron chi connectivity index (χ3n) is 4.36. The van der Waals surface area contributed by atoms with E-state index in [9.17, 15) is 9.59 Å². The molecule has 3 aromatic rings. The van der Waals surface area contributed by atoms with Crippen molar-refractivity contribution in [1.29, 1.82) is 0 Å². The molecule has 0 fully saturated rings. The molecule has 1 N–H and O–H groups in total. The van der Waals surface area contributed by atoms with Gasteiger partial charge in [0.15, 0.2) is 5.82 Å². The number of carbonyl (C=O) groups excluding carboxylic acids is 1. The fourth-order valence-corrected chi connectivity index (χ4v) is 2.80. The molecule has 0 aliphatic rings. The molecule has 2 heterocycles. The molecule has 0 spiro atoms. The summed E-state index contributed by atoms with van der Waals surface area (Å²) in [5, 5.41) is 7.10. The van der Waals surface area contributed by atoms with Gasteiger partial charge in [-0.15, -0.1) is 11.7 Å². The van der Waals surface area contributed by atoms with Gasteiger partial charge >= 0.3 is 0 Å². The largest absolute Gasteiger partial charge is 0.353 e. The summed E-state index contributed by atoms with van der Waals surface area (Å²) in [5.74, 6) is 0.861. The van der Waals surface area contributed by atoms with Gasteiger partial charge in [-0.1, -0.05) is 36.4 Å². The van der Waals surface area contributed by atoms with Crippen LogP contribution in [-0.2, 0) is 18.3 Å². The molecular weight excluding hydrogens is 330 g/mol. The summed E-state index contributed by atoms with van der Waals surface area (Å²) in [6, 6.07) is 9.52. The topological polar surface area (TPSA) is 81.3 Å². The summed E-state index contributed by atoms with van der Waals surface area (Å²) in [5.41, 5.74) is 1.96. The third-order valence-corrected chi connectivity index (χ3v) is 4.36. The highest BCUT2D eigenvalue weighted by Crippen LogP contribution is 2.16. The number of carbonyl (C=O) groups is 1. The van der Waals surface area contributed by atoms with Crippen LogP contribution in [0.15, 0.2) is 47.8 Å². The number of rotatable bonds is 6. The summed E-state index contributed by atoms with van der Waals surface area (Å²) in [7, 11) is 1.84. The first-order valence-corrected chi connectivity index (χ1v) is 8.41. The van der Waals surface area contributed by atoms with Gasteiger partial charge in [-0.25, -0.2) is 0 Å². The van der Waals surface area contributed by atoms with Crippen molar-refractivity contribution in [2.75, 3.05) is 6.54 Å². The molecule has 7 heteroatoms. The number of hydrogen-bond acceptors (Lipinski definition) is 4. The number of aromatic nitrogens is 4. The van der Waals surface area contributed by atoms with E-state index in [0.717, 1.165) is 11.3 Å². The summed E-state index contributed by atoms with van der Waals surface area (Å²) in [6.45, 7) is 5.84. The highest BCUT2D eigenvalue weighted by Gasteiger charge is 2.17. The molecule has 0 bridgehead atoms. The lowest BCUT2D eigenvalue weighted by Gasteiger charge is -2.11. The van der Waals surface area contributed by atoms with E-state index < -0.39 is 0 Å². The van der Waals surface area contributed by atoms with Crippen molar-refractivity contribution >= 4 is 11.7 Å². The second kappa shape index (κ2) is 7.35. The maximum Gasteiger partial charge on any atom is 0.279 e. The van der Waals surface area contributed by atoms with Crippen molar-refractivity contribution in [3.63, 3.8) is 0 Å². The highest BCUT2D eigenvalue weighted by molar-refractivity contribution is 5.76. The Balaban J connectivity index is 1.99. The zero-order chi connectivity index (χ0) is 18.7. The number of aryl methyl sites for hydroxylation is 1. The van der Waals surface area contributed by atoms with Crippen molar-refractivity contribution in [3.05, 3.63) is 64.6 Å². The Labute approximate surface area is 151 Å². The van der Waals surface area contributed by atoms with Crippen LogP contribution in [0.1, 0.15) is 17.7 Å².